The minimum Gasteiger partial charge on any atom is -0.398 e. The molecule has 0 heterocycles. The summed E-state index contributed by atoms with van der Waals surface area (Å²) >= 11 is 3.42. The highest BCUT2D eigenvalue weighted by atomic mass is 79.9. The van der Waals surface area contributed by atoms with Crippen LogP contribution in [0.15, 0.2) is 27.6 Å². The third-order valence-electron chi connectivity index (χ3n) is 3.63. The van der Waals surface area contributed by atoms with E-state index in [0.29, 0.717) is 17.5 Å². The molecule has 1 saturated carbocycles. The normalized spacial score (nSPS) is 30.1. The molecule has 2 nitrogen and oxygen atoms in total. The smallest absolute Gasteiger partial charge is 0.0631 e. The van der Waals surface area contributed by atoms with Crippen molar-refractivity contribution in [1.29, 1.82) is 0 Å². The first-order valence-electron chi connectivity index (χ1n) is 6.43. The lowest BCUT2D eigenvalue weighted by atomic mass is 9.83. The van der Waals surface area contributed by atoms with Crippen molar-refractivity contribution in [2.24, 2.45) is 11.8 Å². The van der Waals surface area contributed by atoms with Crippen LogP contribution in [-0.4, -0.2) is 9.46 Å². The first-order chi connectivity index (χ1) is 8.47. The van der Waals surface area contributed by atoms with E-state index in [9.17, 15) is 4.21 Å². The zero-order chi connectivity index (χ0) is 13.3. The summed E-state index contributed by atoms with van der Waals surface area (Å²) in [6.45, 7) is 4.51. The van der Waals surface area contributed by atoms with Crippen LogP contribution in [0.1, 0.15) is 33.1 Å². The summed E-state index contributed by atoms with van der Waals surface area (Å²) in [4.78, 5) is 0.788. The van der Waals surface area contributed by atoms with Crippen LogP contribution in [0.5, 0.6) is 0 Å². The fourth-order valence-electron chi connectivity index (χ4n) is 2.91. The van der Waals surface area contributed by atoms with Gasteiger partial charge in [-0.3, -0.25) is 4.21 Å². The van der Waals surface area contributed by atoms with E-state index in [2.05, 4.69) is 29.8 Å². The largest absolute Gasteiger partial charge is 0.398 e. The van der Waals surface area contributed by atoms with E-state index in [4.69, 9.17) is 5.73 Å². The number of benzene rings is 1. The average Bonchev–Trinajstić information content (AvgIpc) is 2.30. The molecule has 0 aliphatic heterocycles. The van der Waals surface area contributed by atoms with Gasteiger partial charge in [-0.1, -0.05) is 29.8 Å². The maximum atomic E-state index is 12.7. The number of nitrogens with two attached hydrogens (primary N) is 1. The molecule has 1 aromatic carbocycles. The van der Waals surface area contributed by atoms with Crippen LogP contribution in [0.4, 0.5) is 5.69 Å². The fraction of sp³-hybridized carbons (Fsp3) is 0.571. The van der Waals surface area contributed by atoms with Crippen LogP contribution in [-0.2, 0) is 10.8 Å². The lowest BCUT2D eigenvalue weighted by Crippen LogP contribution is -2.28. The average molecular weight is 330 g/mol. The summed E-state index contributed by atoms with van der Waals surface area (Å²) in [6, 6.07) is 5.62. The molecule has 0 bridgehead atoms. The molecule has 2 rings (SSSR count). The van der Waals surface area contributed by atoms with Gasteiger partial charge in [0.15, 0.2) is 0 Å². The summed E-state index contributed by atoms with van der Waals surface area (Å²) < 4.78 is 13.6. The molecular formula is C14H20BrNOS. The summed E-state index contributed by atoms with van der Waals surface area (Å²) in [5.41, 5.74) is 6.59. The van der Waals surface area contributed by atoms with Crippen molar-refractivity contribution in [3.63, 3.8) is 0 Å². The van der Waals surface area contributed by atoms with Gasteiger partial charge in [-0.15, -0.1) is 0 Å². The van der Waals surface area contributed by atoms with Gasteiger partial charge < -0.3 is 5.73 Å². The minimum absolute atomic E-state index is 0.250. The summed E-state index contributed by atoms with van der Waals surface area (Å²) in [7, 11) is -0.988. The zero-order valence-electron chi connectivity index (χ0n) is 10.9. The van der Waals surface area contributed by atoms with Crippen LogP contribution in [0.3, 0.4) is 0 Å². The van der Waals surface area contributed by atoms with Gasteiger partial charge in [0, 0.05) is 15.4 Å². The molecule has 3 atom stereocenters. The van der Waals surface area contributed by atoms with Crippen molar-refractivity contribution >= 4 is 32.4 Å². The van der Waals surface area contributed by atoms with Gasteiger partial charge >= 0.3 is 0 Å². The molecule has 3 unspecified atom stereocenters. The third kappa shape index (κ3) is 3.15. The van der Waals surface area contributed by atoms with Crippen molar-refractivity contribution in [2.75, 3.05) is 5.73 Å². The van der Waals surface area contributed by atoms with Gasteiger partial charge in [0.25, 0.3) is 0 Å². The Morgan fingerprint density at radius 3 is 2.44 bits per heavy atom. The predicted octanol–water partition coefficient (Wildman–Crippen LogP) is 3.96. The first kappa shape index (κ1) is 14.1. The second kappa shape index (κ2) is 5.74. The van der Waals surface area contributed by atoms with Crippen LogP contribution in [0, 0.1) is 11.8 Å². The van der Waals surface area contributed by atoms with E-state index in [1.807, 2.05) is 18.2 Å². The Hall–Kier alpha value is -0.350. The predicted molar refractivity (Wildman–Crippen MR) is 80.9 cm³/mol. The Morgan fingerprint density at radius 1 is 1.22 bits per heavy atom. The van der Waals surface area contributed by atoms with Crippen LogP contribution in [0.2, 0.25) is 0 Å². The SMILES string of the molecule is CC1CC(C)CC(S(=O)c2cc(Br)ccc2N)C1. The molecule has 2 N–H and O–H groups in total. The highest BCUT2D eigenvalue weighted by molar-refractivity contribution is 9.10. The second-order valence-corrected chi connectivity index (χ2v) is 8.14. The summed E-state index contributed by atoms with van der Waals surface area (Å²) in [6.07, 6.45) is 3.34. The van der Waals surface area contributed by atoms with Gasteiger partial charge in [-0.25, -0.2) is 0 Å². The second-order valence-electron chi connectivity index (χ2n) is 5.52. The van der Waals surface area contributed by atoms with Crippen molar-refractivity contribution < 1.29 is 4.21 Å². The molecule has 100 valence electrons. The van der Waals surface area contributed by atoms with Crippen LogP contribution >= 0.6 is 15.9 Å². The quantitative estimate of drug-likeness (QED) is 0.834. The Bertz CT molecular complexity index is 453. The van der Waals surface area contributed by atoms with Gasteiger partial charge in [-0.2, -0.15) is 0 Å². The zero-order valence-corrected chi connectivity index (χ0v) is 13.3. The lowest BCUT2D eigenvalue weighted by Gasteiger charge is -2.31. The maximum Gasteiger partial charge on any atom is 0.0631 e. The van der Waals surface area contributed by atoms with E-state index in [1.165, 1.54) is 6.42 Å². The molecule has 18 heavy (non-hydrogen) atoms. The van der Waals surface area contributed by atoms with Crippen molar-refractivity contribution in [2.45, 2.75) is 43.3 Å². The Kier molecular flexibility index (Phi) is 4.49. The Balaban J connectivity index is 2.22. The Morgan fingerprint density at radius 2 is 1.83 bits per heavy atom. The highest BCUT2D eigenvalue weighted by Gasteiger charge is 2.29. The van der Waals surface area contributed by atoms with E-state index in [-0.39, 0.29) is 5.25 Å². The van der Waals surface area contributed by atoms with Crippen molar-refractivity contribution in [3.8, 4) is 0 Å². The molecule has 1 aromatic rings. The number of hydrogen-bond acceptors (Lipinski definition) is 2. The molecule has 0 spiro atoms. The van der Waals surface area contributed by atoms with Crippen molar-refractivity contribution in [3.05, 3.63) is 22.7 Å². The Labute approximate surface area is 120 Å². The monoisotopic (exact) mass is 329 g/mol. The number of nitrogen functional groups attached to an aromatic ring is 1. The molecule has 0 radical (unpaired) electrons. The van der Waals surface area contributed by atoms with E-state index in [0.717, 1.165) is 22.2 Å². The van der Waals surface area contributed by atoms with Crippen molar-refractivity contribution in [1.82, 2.24) is 0 Å². The van der Waals surface area contributed by atoms with Gasteiger partial charge in [-0.05, 0) is 49.3 Å². The van der Waals surface area contributed by atoms with Crippen LogP contribution in [0.25, 0.3) is 0 Å². The lowest BCUT2D eigenvalue weighted by molar-refractivity contribution is 0.305. The van der Waals surface area contributed by atoms with E-state index >= 15 is 0 Å². The van der Waals surface area contributed by atoms with E-state index < -0.39 is 10.8 Å². The number of hydrogen-bond donors (Lipinski definition) is 1. The molecular weight excluding hydrogens is 310 g/mol. The molecule has 1 fully saturated rings. The molecule has 0 amide bonds. The van der Waals surface area contributed by atoms with Gasteiger partial charge in [0.2, 0.25) is 0 Å². The number of rotatable bonds is 2. The number of halogens is 1. The first-order valence-corrected chi connectivity index (χ1v) is 8.43. The highest BCUT2D eigenvalue weighted by Crippen LogP contribution is 2.35. The fourth-order valence-corrected chi connectivity index (χ4v) is 5.33. The molecule has 1 aliphatic rings. The summed E-state index contributed by atoms with van der Waals surface area (Å²) in [5.74, 6) is 1.33. The maximum absolute atomic E-state index is 12.7. The molecule has 0 aromatic heterocycles. The molecule has 4 heteroatoms. The minimum atomic E-state index is -0.988. The third-order valence-corrected chi connectivity index (χ3v) is 5.90. The standard InChI is InChI=1S/C14H20BrNOS/c1-9-5-10(2)7-12(6-9)18(17)14-8-11(15)3-4-13(14)16/h3-4,8-10,12H,5-7,16H2,1-2H3. The molecule has 0 saturated heterocycles. The number of anilines is 1. The van der Waals surface area contributed by atoms with Gasteiger partial charge in [0.1, 0.15) is 0 Å². The van der Waals surface area contributed by atoms with E-state index in [1.54, 1.807) is 0 Å². The van der Waals surface area contributed by atoms with Gasteiger partial charge in [0.05, 0.1) is 15.7 Å². The summed E-state index contributed by atoms with van der Waals surface area (Å²) in [5, 5.41) is 0.250. The molecule has 1 aliphatic carbocycles. The topological polar surface area (TPSA) is 43.1 Å². The van der Waals surface area contributed by atoms with Crippen LogP contribution < -0.4 is 5.73 Å².